The molecule has 126 valence electrons. The van der Waals surface area contributed by atoms with Crippen LogP contribution in [0.2, 0.25) is 5.28 Å². The van der Waals surface area contributed by atoms with Crippen LogP contribution in [0.1, 0.15) is 105 Å². The van der Waals surface area contributed by atoms with Crippen LogP contribution in [0.4, 0.5) is 0 Å². The van der Waals surface area contributed by atoms with Crippen LogP contribution in [0, 0.1) is 17.8 Å². The summed E-state index contributed by atoms with van der Waals surface area (Å²) in [4.78, 5) is 0. The number of hydrogen-bond donors (Lipinski definition) is 0. The third-order valence-electron chi connectivity index (χ3n) is 5.09. The van der Waals surface area contributed by atoms with E-state index in [0.717, 1.165) is 17.8 Å². The Morgan fingerprint density at radius 2 is 1.05 bits per heavy atom. The van der Waals surface area contributed by atoms with E-state index in [1.807, 2.05) is 0 Å². The normalized spacial score (nSPS) is 15.8. The van der Waals surface area contributed by atoms with E-state index < -0.39 is 0 Å². The van der Waals surface area contributed by atoms with E-state index in [9.17, 15) is 0 Å². The summed E-state index contributed by atoms with van der Waals surface area (Å²) in [6.45, 7) is 9.47. The van der Waals surface area contributed by atoms with E-state index >= 15 is 0 Å². The van der Waals surface area contributed by atoms with E-state index in [1.54, 1.807) is 0 Å². The summed E-state index contributed by atoms with van der Waals surface area (Å²) in [5.74, 6) is 3.08. The molecular formula is C20H43Al. The van der Waals surface area contributed by atoms with Gasteiger partial charge in [-0.1, -0.05) is 91.9 Å². The minimum absolute atomic E-state index is 1.02. The Hall–Kier alpha value is 0.532. The summed E-state index contributed by atoms with van der Waals surface area (Å²) >= 11 is 1.40. The lowest BCUT2D eigenvalue weighted by Gasteiger charge is -2.27. The first-order valence-electron chi connectivity index (χ1n) is 10.2. The van der Waals surface area contributed by atoms with Gasteiger partial charge in [0, 0.05) is 0 Å². The molecule has 0 saturated heterocycles. The summed E-state index contributed by atoms with van der Waals surface area (Å²) in [7, 11) is 0. The topological polar surface area (TPSA) is 0 Å². The average Bonchev–Trinajstić information content (AvgIpc) is 2.45. The van der Waals surface area contributed by atoms with Crippen molar-refractivity contribution in [3.8, 4) is 0 Å². The molecule has 3 unspecified atom stereocenters. The fraction of sp³-hybridized carbons (Fsp3) is 1.00. The average molecular weight is 311 g/mol. The summed E-state index contributed by atoms with van der Waals surface area (Å²) in [6, 6.07) is 0. The van der Waals surface area contributed by atoms with Crippen LogP contribution in [0.25, 0.3) is 0 Å². The van der Waals surface area contributed by atoms with E-state index in [0.29, 0.717) is 0 Å². The Kier molecular flexibility index (Phi) is 15.8. The summed E-state index contributed by atoms with van der Waals surface area (Å²) in [5.41, 5.74) is 0. The molecule has 0 heterocycles. The fourth-order valence-electron chi connectivity index (χ4n) is 4.16. The highest BCUT2D eigenvalue weighted by Crippen LogP contribution is 2.32. The van der Waals surface area contributed by atoms with Crippen LogP contribution in [0.15, 0.2) is 0 Å². The highest BCUT2D eigenvalue weighted by atomic mass is 27.0. The smallest absolute Gasteiger partial charge is 0.101 e. The molecular weight excluding hydrogens is 267 g/mol. The SMILES string of the molecule is CCCCC(CCC)CC(CCC)CC(CCC)C[CH2][AlH2]. The Bertz CT molecular complexity index is 196. The van der Waals surface area contributed by atoms with Crippen molar-refractivity contribution in [3.63, 3.8) is 0 Å². The molecule has 0 saturated carbocycles. The van der Waals surface area contributed by atoms with Crippen LogP contribution < -0.4 is 0 Å². The summed E-state index contributed by atoms with van der Waals surface area (Å²) in [5, 5.41) is 1.51. The van der Waals surface area contributed by atoms with Gasteiger partial charge in [-0.3, -0.25) is 0 Å². The van der Waals surface area contributed by atoms with Crippen molar-refractivity contribution in [1.29, 1.82) is 0 Å². The van der Waals surface area contributed by atoms with Gasteiger partial charge in [0.2, 0.25) is 16.3 Å². The van der Waals surface area contributed by atoms with Crippen LogP contribution in [-0.4, -0.2) is 16.3 Å². The highest BCUT2D eigenvalue weighted by molar-refractivity contribution is 6.08. The maximum Gasteiger partial charge on any atom is 0.211 e. The van der Waals surface area contributed by atoms with Crippen molar-refractivity contribution in [2.24, 2.45) is 17.8 Å². The second-order valence-corrected chi connectivity index (χ2v) is 8.37. The minimum atomic E-state index is 1.02. The summed E-state index contributed by atoms with van der Waals surface area (Å²) in [6.07, 6.45) is 17.5. The first kappa shape index (κ1) is 21.5. The molecule has 3 atom stereocenters. The number of rotatable bonds is 15. The molecule has 0 aliphatic rings. The molecule has 0 fully saturated rings. The molecule has 0 radical (unpaired) electrons. The monoisotopic (exact) mass is 310 g/mol. The Labute approximate surface area is 144 Å². The van der Waals surface area contributed by atoms with Gasteiger partial charge in [-0.15, -0.1) is 5.28 Å². The first-order chi connectivity index (χ1) is 10.2. The van der Waals surface area contributed by atoms with Gasteiger partial charge in [0.25, 0.3) is 0 Å². The molecule has 0 aromatic rings. The quantitative estimate of drug-likeness (QED) is 0.297. The van der Waals surface area contributed by atoms with Crippen molar-refractivity contribution in [3.05, 3.63) is 0 Å². The van der Waals surface area contributed by atoms with E-state index in [2.05, 4.69) is 27.7 Å². The Morgan fingerprint density at radius 3 is 1.48 bits per heavy atom. The zero-order valence-electron chi connectivity index (χ0n) is 15.9. The van der Waals surface area contributed by atoms with Gasteiger partial charge in [-0.2, -0.15) is 0 Å². The van der Waals surface area contributed by atoms with Crippen molar-refractivity contribution < 1.29 is 0 Å². The molecule has 0 aromatic carbocycles. The van der Waals surface area contributed by atoms with E-state index in [1.165, 1.54) is 98.6 Å². The largest absolute Gasteiger partial charge is 0.211 e. The second-order valence-electron chi connectivity index (χ2n) is 7.37. The van der Waals surface area contributed by atoms with Gasteiger partial charge in [0.1, 0.15) is 0 Å². The second kappa shape index (κ2) is 15.4. The maximum absolute atomic E-state index is 2.38. The first-order valence-corrected chi connectivity index (χ1v) is 11.6. The molecule has 21 heavy (non-hydrogen) atoms. The van der Waals surface area contributed by atoms with Crippen LogP contribution in [0.3, 0.4) is 0 Å². The van der Waals surface area contributed by atoms with Gasteiger partial charge < -0.3 is 0 Å². The fourth-order valence-corrected chi connectivity index (χ4v) is 4.98. The molecule has 0 N–H and O–H groups in total. The van der Waals surface area contributed by atoms with Crippen LogP contribution in [-0.2, 0) is 0 Å². The predicted octanol–water partition coefficient (Wildman–Crippen LogP) is 6.65. The van der Waals surface area contributed by atoms with Gasteiger partial charge >= 0.3 is 0 Å². The van der Waals surface area contributed by atoms with Crippen molar-refractivity contribution in [2.45, 2.75) is 110 Å². The predicted molar refractivity (Wildman–Crippen MR) is 102 cm³/mol. The molecule has 1 heteroatoms. The lowest BCUT2D eigenvalue weighted by Crippen LogP contribution is -2.14. The minimum Gasteiger partial charge on any atom is -0.101 e. The molecule has 0 spiro atoms. The van der Waals surface area contributed by atoms with Crippen molar-refractivity contribution in [1.82, 2.24) is 0 Å². The lowest BCUT2D eigenvalue weighted by molar-refractivity contribution is 0.255. The van der Waals surface area contributed by atoms with Gasteiger partial charge in [0.05, 0.1) is 0 Å². The zero-order chi connectivity index (χ0) is 15.9. The number of unbranched alkanes of at least 4 members (excludes halogenated alkanes) is 1. The Morgan fingerprint density at radius 1 is 0.571 bits per heavy atom. The van der Waals surface area contributed by atoms with E-state index in [4.69, 9.17) is 0 Å². The third-order valence-corrected chi connectivity index (χ3v) is 5.66. The molecule has 0 aliphatic heterocycles. The zero-order valence-corrected chi connectivity index (χ0v) is 17.9. The third kappa shape index (κ3) is 11.7. The number of hydrogen-bond acceptors (Lipinski definition) is 0. The Balaban J connectivity index is 4.45. The molecule has 0 rings (SSSR count). The van der Waals surface area contributed by atoms with E-state index in [-0.39, 0.29) is 0 Å². The standard InChI is InChI=1S/C20H41.Al.2H/c1-6-11-15-19(13-8-3)17-20(14-9-4)16-18(10-5)12-7-2;;;/h18-20H,5-17H2,1-4H3;;;. The molecule has 0 aliphatic carbocycles. The molecule has 0 nitrogen and oxygen atoms in total. The molecule has 0 aromatic heterocycles. The van der Waals surface area contributed by atoms with Crippen LogP contribution in [0.5, 0.6) is 0 Å². The lowest BCUT2D eigenvalue weighted by atomic mass is 9.79. The van der Waals surface area contributed by atoms with Crippen molar-refractivity contribution in [2.75, 3.05) is 0 Å². The summed E-state index contributed by atoms with van der Waals surface area (Å²) < 4.78 is 0. The van der Waals surface area contributed by atoms with Gasteiger partial charge in [-0.05, 0) is 30.6 Å². The maximum atomic E-state index is 2.38. The van der Waals surface area contributed by atoms with Crippen LogP contribution >= 0.6 is 0 Å². The molecule has 0 bridgehead atoms. The van der Waals surface area contributed by atoms with Gasteiger partial charge in [0.15, 0.2) is 0 Å². The highest BCUT2D eigenvalue weighted by Gasteiger charge is 2.19. The van der Waals surface area contributed by atoms with Gasteiger partial charge in [-0.25, -0.2) is 0 Å². The molecule has 0 amide bonds. The van der Waals surface area contributed by atoms with Crippen molar-refractivity contribution >= 4 is 16.3 Å².